The van der Waals surface area contributed by atoms with Crippen molar-refractivity contribution in [2.75, 3.05) is 12.4 Å². The summed E-state index contributed by atoms with van der Waals surface area (Å²) in [6.45, 7) is 3.37. The van der Waals surface area contributed by atoms with Crippen molar-refractivity contribution >= 4 is 21.6 Å². The molecule has 0 atom stereocenters. The Bertz CT molecular complexity index is 1090. The van der Waals surface area contributed by atoms with Crippen LogP contribution in [0.1, 0.15) is 21.7 Å². The van der Waals surface area contributed by atoms with Gasteiger partial charge in [0.1, 0.15) is 0 Å². The molecule has 0 saturated carbocycles. The highest BCUT2D eigenvalue weighted by atomic mass is 32.2. The fourth-order valence-electron chi connectivity index (χ4n) is 2.53. The van der Waals surface area contributed by atoms with Gasteiger partial charge in [0, 0.05) is 5.69 Å². The summed E-state index contributed by atoms with van der Waals surface area (Å²) in [5, 5.41) is 11.2. The monoisotopic (exact) mass is 385 g/mol. The average molecular weight is 385 g/mol. The van der Waals surface area contributed by atoms with Crippen LogP contribution in [-0.4, -0.2) is 36.4 Å². The third kappa shape index (κ3) is 3.88. The molecule has 140 valence electrons. The van der Waals surface area contributed by atoms with E-state index in [-0.39, 0.29) is 10.6 Å². The number of sulfonamides is 1. The van der Waals surface area contributed by atoms with Crippen molar-refractivity contribution in [3.63, 3.8) is 0 Å². The molecular formula is C18H19N5O3S. The molecule has 3 rings (SSSR count). The van der Waals surface area contributed by atoms with Crippen LogP contribution in [0.5, 0.6) is 0 Å². The van der Waals surface area contributed by atoms with Gasteiger partial charge in [-0.25, -0.2) is 13.1 Å². The largest absolute Gasteiger partial charge is 0.320 e. The van der Waals surface area contributed by atoms with Crippen LogP contribution in [0.15, 0.2) is 53.4 Å². The molecule has 0 spiro atoms. The van der Waals surface area contributed by atoms with Crippen LogP contribution in [0.25, 0.3) is 5.69 Å². The van der Waals surface area contributed by atoms with E-state index in [2.05, 4.69) is 20.2 Å². The highest BCUT2D eigenvalue weighted by Crippen LogP contribution is 2.20. The number of carbonyl (C=O) groups is 1. The first-order chi connectivity index (χ1) is 12.8. The van der Waals surface area contributed by atoms with Gasteiger partial charge in [0.05, 0.1) is 16.3 Å². The van der Waals surface area contributed by atoms with Crippen molar-refractivity contribution < 1.29 is 13.2 Å². The molecule has 2 N–H and O–H groups in total. The number of rotatable bonds is 5. The molecule has 1 aromatic heterocycles. The van der Waals surface area contributed by atoms with Gasteiger partial charge in [-0.3, -0.25) is 4.79 Å². The normalized spacial score (nSPS) is 11.4. The highest BCUT2D eigenvalue weighted by molar-refractivity contribution is 7.89. The van der Waals surface area contributed by atoms with Gasteiger partial charge in [-0.15, -0.1) is 5.10 Å². The topological polar surface area (TPSA) is 106 Å². The number of nitrogens with one attached hydrogen (secondary N) is 2. The molecule has 1 heterocycles. The Labute approximate surface area is 157 Å². The first-order valence-corrected chi connectivity index (χ1v) is 9.65. The van der Waals surface area contributed by atoms with E-state index >= 15 is 0 Å². The van der Waals surface area contributed by atoms with Gasteiger partial charge in [0.15, 0.2) is 5.69 Å². The van der Waals surface area contributed by atoms with Crippen molar-refractivity contribution in [3.05, 3.63) is 65.5 Å². The second-order valence-corrected chi connectivity index (χ2v) is 7.76. The van der Waals surface area contributed by atoms with Crippen LogP contribution in [0.2, 0.25) is 0 Å². The highest BCUT2D eigenvalue weighted by Gasteiger charge is 2.19. The van der Waals surface area contributed by atoms with Crippen molar-refractivity contribution in [1.82, 2.24) is 19.7 Å². The van der Waals surface area contributed by atoms with Crippen LogP contribution in [0.4, 0.5) is 5.69 Å². The summed E-state index contributed by atoms with van der Waals surface area (Å²) in [5.74, 6) is -0.466. The van der Waals surface area contributed by atoms with Gasteiger partial charge in [0.2, 0.25) is 10.0 Å². The first-order valence-electron chi connectivity index (χ1n) is 8.17. The van der Waals surface area contributed by atoms with E-state index in [0.29, 0.717) is 16.9 Å². The van der Waals surface area contributed by atoms with Crippen LogP contribution in [-0.2, 0) is 10.0 Å². The lowest BCUT2D eigenvalue weighted by molar-refractivity contribution is 0.102. The fraction of sp³-hybridized carbons (Fsp3) is 0.167. The maximum atomic E-state index is 12.6. The third-order valence-corrected chi connectivity index (χ3v) is 5.54. The van der Waals surface area contributed by atoms with Crippen LogP contribution < -0.4 is 10.0 Å². The summed E-state index contributed by atoms with van der Waals surface area (Å²) in [6.07, 6.45) is 0. The molecule has 0 bridgehead atoms. The van der Waals surface area contributed by atoms with Gasteiger partial charge >= 0.3 is 0 Å². The number of amides is 1. The fourth-order valence-corrected chi connectivity index (χ4v) is 3.53. The number of hydrogen-bond acceptors (Lipinski definition) is 5. The molecule has 0 aliphatic rings. The summed E-state index contributed by atoms with van der Waals surface area (Å²) >= 11 is 0. The number of anilines is 1. The number of benzene rings is 2. The predicted octanol–water partition coefficient (Wildman–Crippen LogP) is 2.04. The number of nitrogens with zero attached hydrogens (tertiary/aromatic N) is 3. The minimum absolute atomic E-state index is 0.104. The number of carbonyl (C=O) groups excluding carboxylic acids is 1. The van der Waals surface area contributed by atoms with E-state index in [4.69, 9.17) is 0 Å². The summed E-state index contributed by atoms with van der Waals surface area (Å²) in [7, 11) is -2.29. The first kappa shape index (κ1) is 18.7. The van der Waals surface area contributed by atoms with Gasteiger partial charge in [0.25, 0.3) is 5.91 Å². The van der Waals surface area contributed by atoms with E-state index in [0.717, 1.165) is 5.69 Å². The minimum Gasteiger partial charge on any atom is -0.320 e. The van der Waals surface area contributed by atoms with Gasteiger partial charge in [-0.2, -0.15) is 9.90 Å². The summed E-state index contributed by atoms with van der Waals surface area (Å²) in [4.78, 5) is 14.1. The molecule has 3 aromatic rings. The number of aryl methyl sites for hydroxylation is 2. The molecule has 8 nitrogen and oxygen atoms in total. The van der Waals surface area contributed by atoms with Gasteiger partial charge < -0.3 is 5.32 Å². The second-order valence-electron chi connectivity index (χ2n) is 5.90. The number of aromatic nitrogens is 3. The average Bonchev–Trinajstić information content (AvgIpc) is 3.06. The van der Waals surface area contributed by atoms with E-state index in [1.165, 1.54) is 17.9 Å². The quantitative estimate of drug-likeness (QED) is 0.699. The molecule has 27 heavy (non-hydrogen) atoms. The van der Waals surface area contributed by atoms with Crippen LogP contribution in [0.3, 0.4) is 0 Å². The Balaban J connectivity index is 1.89. The molecule has 9 heteroatoms. The van der Waals surface area contributed by atoms with E-state index < -0.39 is 15.9 Å². The molecular weight excluding hydrogens is 366 g/mol. The van der Waals surface area contributed by atoms with Crippen molar-refractivity contribution in [3.8, 4) is 5.69 Å². The van der Waals surface area contributed by atoms with Crippen molar-refractivity contribution in [2.24, 2.45) is 0 Å². The summed E-state index contributed by atoms with van der Waals surface area (Å²) < 4.78 is 26.5. The summed E-state index contributed by atoms with van der Waals surface area (Å²) in [6, 6.07) is 13.9. The standard InChI is InChI=1S/C18H19N5O3S/c1-12-9-10-14(11-16(12)27(25,26)19-3)20-18(24)17-13(2)21-23(22-17)15-7-5-4-6-8-15/h4-11,19H,1-3H3,(H,20,24). The van der Waals surface area contributed by atoms with E-state index in [9.17, 15) is 13.2 Å². The minimum atomic E-state index is -3.63. The molecule has 2 aromatic carbocycles. The zero-order valence-corrected chi connectivity index (χ0v) is 15.9. The molecule has 0 aliphatic heterocycles. The Hall–Kier alpha value is -3.04. The Morgan fingerprint density at radius 1 is 1.04 bits per heavy atom. The Morgan fingerprint density at radius 2 is 1.74 bits per heavy atom. The zero-order chi connectivity index (χ0) is 19.6. The third-order valence-electron chi connectivity index (χ3n) is 3.99. The van der Waals surface area contributed by atoms with Crippen molar-refractivity contribution in [1.29, 1.82) is 0 Å². The van der Waals surface area contributed by atoms with Gasteiger partial charge in [-0.05, 0) is 50.7 Å². The predicted molar refractivity (Wildman–Crippen MR) is 101 cm³/mol. The van der Waals surface area contributed by atoms with Crippen molar-refractivity contribution in [2.45, 2.75) is 18.7 Å². The van der Waals surface area contributed by atoms with E-state index in [1.54, 1.807) is 26.0 Å². The number of para-hydroxylation sites is 1. The Kier molecular flexibility index (Phi) is 5.06. The molecule has 1 amide bonds. The zero-order valence-electron chi connectivity index (χ0n) is 15.1. The van der Waals surface area contributed by atoms with Crippen LogP contribution >= 0.6 is 0 Å². The molecule has 0 radical (unpaired) electrons. The lowest BCUT2D eigenvalue weighted by Gasteiger charge is -2.10. The lowest BCUT2D eigenvalue weighted by atomic mass is 10.2. The Morgan fingerprint density at radius 3 is 2.41 bits per heavy atom. The van der Waals surface area contributed by atoms with Crippen LogP contribution in [0, 0.1) is 13.8 Å². The molecule has 0 aliphatic carbocycles. The number of hydrogen-bond donors (Lipinski definition) is 2. The summed E-state index contributed by atoms with van der Waals surface area (Å²) in [5.41, 5.74) is 2.29. The molecule has 0 fully saturated rings. The SMILES string of the molecule is CNS(=O)(=O)c1cc(NC(=O)c2nn(-c3ccccc3)nc2C)ccc1C. The van der Waals surface area contributed by atoms with E-state index in [1.807, 2.05) is 30.3 Å². The smallest absolute Gasteiger partial charge is 0.278 e. The molecule has 0 unspecified atom stereocenters. The lowest BCUT2D eigenvalue weighted by Crippen LogP contribution is -2.20. The molecule has 0 saturated heterocycles. The van der Waals surface area contributed by atoms with Gasteiger partial charge in [-0.1, -0.05) is 24.3 Å². The second kappa shape index (κ2) is 7.29. The maximum Gasteiger partial charge on any atom is 0.278 e. The maximum absolute atomic E-state index is 12.6.